The van der Waals surface area contributed by atoms with Crippen molar-refractivity contribution in [3.8, 4) is 17.2 Å². The van der Waals surface area contributed by atoms with E-state index in [1.807, 2.05) is 30.3 Å². The maximum Gasteiger partial charge on any atom is 0.346 e. The zero-order valence-corrected chi connectivity index (χ0v) is 22.7. The Morgan fingerprint density at radius 2 is 1.00 bits per heavy atom. The lowest BCUT2D eigenvalue weighted by molar-refractivity contribution is 0.0733. The molecule has 38 heavy (non-hydrogen) atoms. The van der Waals surface area contributed by atoms with Crippen LogP contribution >= 0.6 is 46.4 Å². The molecule has 0 aromatic heterocycles. The minimum atomic E-state index is -0.775. The number of benzene rings is 4. The summed E-state index contributed by atoms with van der Waals surface area (Å²) in [5.74, 6) is -0.639. The number of methoxy groups -OCH3 is 1. The molecule has 0 radical (unpaired) electrons. The van der Waals surface area contributed by atoms with Crippen LogP contribution in [0.1, 0.15) is 31.8 Å². The maximum atomic E-state index is 12.9. The van der Waals surface area contributed by atoms with E-state index in [4.69, 9.17) is 60.6 Å². The highest BCUT2D eigenvalue weighted by Crippen LogP contribution is 2.31. The fourth-order valence-electron chi connectivity index (χ4n) is 3.42. The first kappa shape index (κ1) is 27.6. The van der Waals surface area contributed by atoms with Gasteiger partial charge in [0.25, 0.3) is 0 Å². The fraction of sp³-hybridized carbons (Fsp3) is 0.0345. The number of esters is 2. The van der Waals surface area contributed by atoms with Crippen LogP contribution in [0.4, 0.5) is 0 Å². The van der Waals surface area contributed by atoms with E-state index in [1.54, 1.807) is 37.5 Å². The average molecular weight is 588 g/mol. The van der Waals surface area contributed by atoms with E-state index in [9.17, 15) is 9.59 Å². The third-order valence-electron chi connectivity index (χ3n) is 5.24. The Morgan fingerprint density at radius 3 is 1.42 bits per heavy atom. The van der Waals surface area contributed by atoms with E-state index in [0.29, 0.717) is 5.56 Å². The van der Waals surface area contributed by atoms with Crippen LogP contribution in [0.25, 0.3) is 12.2 Å². The Balaban J connectivity index is 1.68. The molecule has 9 heteroatoms. The number of rotatable bonds is 7. The van der Waals surface area contributed by atoms with E-state index in [-0.39, 0.29) is 42.7 Å². The lowest BCUT2D eigenvalue weighted by Crippen LogP contribution is -2.12. The monoisotopic (exact) mass is 586 g/mol. The molecule has 192 valence electrons. The second-order valence-electron chi connectivity index (χ2n) is 7.82. The summed E-state index contributed by atoms with van der Waals surface area (Å²) >= 11 is 24.6. The fourth-order valence-corrected chi connectivity index (χ4v) is 4.52. The quantitative estimate of drug-likeness (QED) is 0.123. The lowest BCUT2D eigenvalue weighted by Gasteiger charge is -2.12. The van der Waals surface area contributed by atoms with Gasteiger partial charge in [-0.2, -0.15) is 0 Å². The number of halogens is 4. The predicted molar refractivity (Wildman–Crippen MR) is 151 cm³/mol. The summed E-state index contributed by atoms with van der Waals surface area (Å²) in [6.07, 6.45) is 3.60. The van der Waals surface area contributed by atoms with Crippen molar-refractivity contribution in [2.45, 2.75) is 0 Å². The summed E-state index contributed by atoms with van der Waals surface area (Å²) in [7, 11) is 1.59. The topological polar surface area (TPSA) is 61.8 Å². The number of ether oxygens (including phenoxy) is 3. The lowest BCUT2D eigenvalue weighted by atomic mass is 10.1. The van der Waals surface area contributed by atoms with Crippen LogP contribution < -0.4 is 14.2 Å². The highest BCUT2D eigenvalue weighted by molar-refractivity contribution is 6.40. The Hall–Kier alpha value is -3.48. The molecule has 0 aliphatic heterocycles. The summed E-state index contributed by atoms with van der Waals surface area (Å²) in [6, 6.07) is 21.3. The van der Waals surface area contributed by atoms with Gasteiger partial charge in [-0.25, -0.2) is 9.59 Å². The van der Waals surface area contributed by atoms with Gasteiger partial charge in [0.1, 0.15) is 17.2 Å². The summed E-state index contributed by atoms with van der Waals surface area (Å²) in [5.41, 5.74) is 1.48. The standard InChI is InChI=1S/C29H18Cl4O5/c1-36-19-12-10-17(11-13-19)8-9-18-14-20(37-28(34)26-22(30)4-2-5-23(26)31)16-21(15-18)38-29(35)27-24(32)6-3-7-25(27)33/h2-16H,1H3/b9-8+. The Bertz CT molecular complexity index is 1410. The van der Waals surface area contributed by atoms with Gasteiger partial charge in [-0.3, -0.25) is 0 Å². The molecule has 0 amide bonds. The SMILES string of the molecule is COc1ccc(/C=C/c2cc(OC(=O)c3c(Cl)cccc3Cl)cc(OC(=O)c3c(Cl)cccc3Cl)c2)cc1. The van der Waals surface area contributed by atoms with E-state index >= 15 is 0 Å². The molecule has 4 aromatic carbocycles. The molecule has 0 bridgehead atoms. The van der Waals surface area contributed by atoms with Gasteiger partial charge in [0, 0.05) is 6.07 Å². The first-order chi connectivity index (χ1) is 18.2. The van der Waals surface area contributed by atoms with Gasteiger partial charge in [0.2, 0.25) is 0 Å². The molecule has 0 saturated heterocycles. The van der Waals surface area contributed by atoms with Gasteiger partial charge in [0.15, 0.2) is 0 Å². The molecule has 0 heterocycles. The average Bonchev–Trinajstić information content (AvgIpc) is 2.87. The maximum absolute atomic E-state index is 12.9. The smallest absolute Gasteiger partial charge is 0.346 e. The summed E-state index contributed by atoms with van der Waals surface area (Å²) in [4.78, 5) is 25.8. The van der Waals surface area contributed by atoms with Gasteiger partial charge < -0.3 is 14.2 Å². The molecule has 0 N–H and O–H groups in total. The molecular weight excluding hydrogens is 570 g/mol. The largest absolute Gasteiger partial charge is 0.497 e. The van der Waals surface area contributed by atoms with Crippen molar-refractivity contribution in [2.75, 3.05) is 7.11 Å². The van der Waals surface area contributed by atoms with E-state index in [1.165, 1.54) is 30.3 Å². The van der Waals surface area contributed by atoms with Crippen LogP contribution in [-0.4, -0.2) is 19.0 Å². The van der Waals surface area contributed by atoms with Gasteiger partial charge >= 0.3 is 11.9 Å². The van der Waals surface area contributed by atoms with Crippen LogP contribution in [0.3, 0.4) is 0 Å². The first-order valence-electron chi connectivity index (χ1n) is 11.0. The Morgan fingerprint density at radius 1 is 0.579 bits per heavy atom. The van der Waals surface area contributed by atoms with Gasteiger partial charge in [-0.15, -0.1) is 0 Å². The summed E-state index contributed by atoms with van der Waals surface area (Å²) in [5, 5.41) is 0.548. The van der Waals surface area contributed by atoms with Crippen molar-refractivity contribution in [3.05, 3.63) is 121 Å². The number of hydrogen-bond acceptors (Lipinski definition) is 5. The van der Waals surface area contributed by atoms with Crippen LogP contribution in [0.15, 0.2) is 78.9 Å². The Kier molecular flexibility index (Phi) is 8.97. The highest BCUT2D eigenvalue weighted by Gasteiger charge is 2.20. The zero-order valence-electron chi connectivity index (χ0n) is 19.7. The van der Waals surface area contributed by atoms with E-state index in [0.717, 1.165) is 11.3 Å². The number of carbonyl (C=O) groups excluding carboxylic acids is 2. The molecule has 0 fully saturated rings. The minimum absolute atomic E-state index is 0.0106. The van der Waals surface area contributed by atoms with Gasteiger partial charge in [-0.1, -0.05) is 82.8 Å². The van der Waals surface area contributed by atoms with Crippen LogP contribution in [0.5, 0.6) is 17.2 Å². The van der Waals surface area contributed by atoms with Crippen LogP contribution in [0.2, 0.25) is 20.1 Å². The molecule has 5 nitrogen and oxygen atoms in total. The molecule has 4 aromatic rings. The molecular formula is C29H18Cl4O5. The first-order valence-corrected chi connectivity index (χ1v) is 12.6. The summed E-state index contributed by atoms with van der Waals surface area (Å²) < 4.78 is 16.3. The predicted octanol–water partition coefficient (Wildman–Crippen LogP) is 8.92. The van der Waals surface area contributed by atoms with Crippen molar-refractivity contribution in [1.82, 2.24) is 0 Å². The molecule has 0 spiro atoms. The normalized spacial score (nSPS) is 10.9. The Labute approximate surface area is 239 Å². The zero-order chi connectivity index (χ0) is 27.2. The third-order valence-corrected chi connectivity index (χ3v) is 6.50. The number of hydrogen-bond donors (Lipinski definition) is 0. The molecule has 0 saturated carbocycles. The van der Waals surface area contributed by atoms with Gasteiger partial charge in [-0.05, 0) is 59.7 Å². The van der Waals surface area contributed by atoms with Crippen molar-refractivity contribution in [3.63, 3.8) is 0 Å². The molecule has 0 atom stereocenters. The van der Waals surface area contributed by atoms with Crippen LogP contribution in [-0.2, 0) is 0 Å². The molecule has 4 rings (SSSR count). The third kappa shape index (κ3) is 6.69. The minimum Gasteiger partial charge on any atom is -0.497 e. The second kappa shape index (κ2) is 12.4. The van der Waals surface area contributed by atoms with E-state index in [2.05, 4.69) is 0 Å². The second-order valence-corrected chi connectivity index (χ2v) is 9.45. The number of carbonyl (C=O) groups is 2. The van der Waals surface area contributed by atoms with Gasteiger partial charge in [0.05, 0.1) is 38.3 Å². The molecule has 0 aliphatic rings. The highest BCUT2D eigenvalue weighted by atomic mass is 35.5. The van der Waals surface area contributed by atoms with Crippen molar-refractivity contribution >= 4 is 70.5 Å². The summed E-state index contributed by atoms with van der Waals surface area (Å²) in [6.45, 7) is 0. The van der Waals surface area contributed by atoms with E-state index < -0.39 is 11.9 Å². The van der Waals surface area contributed by atoms with Crippen molar-refractivity contribution in [2.24, 2.45) is 0 Å². The van der Waals surface area contributed by atoms with Crippen molar-refractivity contribution < 1.29 is 23.8 Å². The molecule has 0 aliphatic carbocycles. The van der Waals surface area contributed by atoms with Crippen LogP contribution in [0, 0.1) is 0 Å². The van der Waals surface area contributed by atoms with Crippen molar-refractivity contribution in [1.29, 1.82) is 0 Å². The molecule has 0 unspecified atom stereocenters.